The van der Waals surface area contributed by atoms with Crippen LogP contribution >= 0.6 is 0 Å². The van der Waals surface area contributed by atoms with E-state index in [-0.39, 0.29) is 0 Å². The van der Waals surface area contributed by atoms with Gasteiger partial charge in [-0.05, 0) is 65.1 Å². The van der Waals surface area contributed by atoms with Crippen LogP contribution < -0.4 is 5.32 Å². The van der Waals surface area contributed by atoms with Gasteiger partial charge >= 0.3 is 0 Å². The van der Waals surface area contributed by atoms with Gasteiger partial charge in [0.15, 0.2) is 0 Å². The molecule has 1 N–H and O–H groups in total. The molecule has 0 aromatic heterocycles. The maximum Gasteiger partial charge on any atom is 0.0220 e. The van der Waals surface area contributed by atoms with E-state index in [4.69, 9.17) is 0 Å². The molecule has 3 saturated heterocycles. The van der Waals surface area contributed by atoms with Crippen molar-refractivity contribution < 1.29 is 0 Å². The fourth-order valence-electron chi connectivity index (χ4n) is 4.71. The van der Waals surface area contributed by atoms with Crippen LogP contribution in [0.15, 0.2) is 0 Å². The molecule has 3 aliphatic rings. The Kier molecular flexibility index (Phi) is 5.00. The summed E-state index contributed by atoms with van der Waals surface area (Å²) in [6.45, 7) is 6.13. The Hall–Kier alpha value is -0.120. The van der Waals surface area contributed by atoms with Crippen LogP contribution in [0.4, 0.5) is 0 Å². The van der Waals surface area contributed by atoms with E-state index in [0.717, 1.165) is 24.2 Å². The highest BCUT2D eigenvalue weighted by atomic mass is 15.3. The van der Waals surface area contributed by atoms with E-state index in [1.807, 2.05) is 0 Å². The average molecular weight is 279 g/mol. The second-order valence-corrected chi connectivity index (χ2v) is 7.33. The minimum atomic E-state index is 0.799. The minimum Gasteiger partial charge on any atom is -0.314 e. The van der Waals surface area contributed by atoms with Gasteiger partial charge in [0.05, 0.1) is 0 Å². The molecule has 0 saturated carbocycles. The Morgan fingerprint density at radius 2 is 1.80 bits per heavy atom. The lowest BCUT2D eigenvalue weighted by Gasteiger charge is -2.43. The topological polar surface area (TPSA) is 18.5 Å². The number of nitrogens with zero attached hydrogens (tertiary/aromatic N) is 2. The van der Waals surface area contributed by atoms with Crippen molar-refractivity contribution in [2.75, 3.05) is 26.7 Å². The van der Waals surface area contributed by atoms with Gasteiger partial charge in [-0.3, -0.25) is 4.90 Å². The van der Waals surface area contributed by atoms with Crippen LogP contribution in [-0.4, -0.2) is 60.6 Å². The SMILES string of the molecule is CCCNC1CC2CCC(C1)N2CC1CCCCN1C. The van der Waals surface area contributed by atoms with Crippen LogP contribution in [0.3, 0.4) is 0 Å². The van der Waals surface area contributed by atoms with Gasteiger partial charge in [0.1, 0.15) is 0 Å². The molecule has 3 rings (SSSR count). The molecule has 3 fully saturated rings. The molecule has 0 aromatic carbocycles. The van der Waals surface area contributed by atoms with Gasteiger partial charge in [-0.2, -0.15) is 0 Å². The highest BCUT2D eigenvalue weighted by Crippen LogP contribution is 2.36. The van der Waals surface area contributed by atoms with E-state index in [0.29, 0.717) is 0 Å². The van der Waals surface area contributed by atoms with Crippen LogP contribution in [0.1, 0.15) is 58.3 Å². The summed E-state index contributed by atoms with van der Waals surface area (Å²) < 4.78 is 0. The van der Waals surface area contributed by atoms with E-state index in [9.17, 15) is 0 Å². The summed E-state index contributed by atoms with van der Waals surface area (Å²) in [4.78, 5) is 5.50. The zero-order chi connectivity index (χ0) is 13.9. The zero-order valence-electron chi connectivity index (χ0n) is 13.5. The number of piperidine rings is 2. The van der Waals surface area contributed by atoms with Crippen molar-refractivity contribution in [2.45, 2.75) is 82.5 Å². The quantitative estimate of drug-likeness (QED) is 0.834. The molecule has 3 unspecified atom stereocenters. The summed E-state index contributed by atoms with van der Waals surface area (Å²) in [5.74, 6) is 0. The van der Waals surface area contributed by atoms with E-state index < -0.39 is 0 Å². The molecule has 0 radical (unpaired) electrons. The van der Waals surface area contributed by atoms with Crippen LogP contribution in [0.25, 0.3) is 0 Å². The third-order valence-corrected chi connectivity index (χ3v) is 5.91. The van der Waals surface area contributed by atoms with Crippen molar-refractivity contribution in [2.24, 2.45) is 0 Å². The molecule has 3 nitrogen and oxygen atoms in total. The molecule has 20 heavy (non-hydrogen) atoms. The normalized spacial score (nSPS) is 39.3. The monoisotopic (exact) mass is 279 g/mol. The Balaban J connectivity index is 1.54. The van der Waals surface area contributed by atoms with Crippen LogP contribution in [0.2, 0.25) is 0 Å². The maximum absolute atomic E-state index is 3.77. The van der Waals surface area contributed by atoms with E-state index >= 15 is 0 Å². The van der Waals surface area contributed by atoms with Crippen molar-refractivity contribution in [3.8, 4) is 0 Å². The molecule has 3 atom stereocenters. The first-order chi connectivity index (χ1) is 9.78. The zero-order valence-corrected chi connectivity index (χ0v) is 13.5. The van der Waals surface area contributed by atoms with Gasteiger partial charge < -0.3 is 10.2 Å². The lowest BCUT2D eigenvalue weighted by molar-refractivity contribution is 0.0648. The molecule has 0 aliphatic carbocycles. The van der Waals surface area contributed by atoms with Gasteiger partial charge in [-0.25, -0.2) is 0 Å². The predicted molar refractivity (Wildman–Crippen MR) is 85.1 cm³/mol. The molecule has 2 bridgehead atoms. The average Bonchev–Trinajstić information content (AvgIpc) is 2.70. The first-order valence-corrected chi connectivity index (χ1v) is 8.97. The second kappa shape index (κ2) is 6.76. The van der Waals surface area contributed by atoms with Gasteiger partial charge in [-0.15, -0.1) is 0 Å². The molecular weight excluding hydrogens is 246 g/mol. The lowest BCUT2D eigenvalue weighted by Crippen LogP contribution is -2.54. The summed E-state index contributed by atoms with van der Waals surface area (Å²) in [6, 6.07) is 3.37. The van der Waals surface area contributed by atoms with Crippen LogP contribution in [0.5, 0.6) is 0 Å². The highest BCUT2D eigenvalue weighted by Gasteiger charge is 2.41. The first kappa shape index (κ1) is 14.8. The third-order valence-electron chi connectivity index (χ3n) is 5.91. The van der Waals surface area contributed by atoms with Crippen molar-refractivity contribution in [1.29, 1.82) is 0 Å². The number of likely N-dealkylation sites (tertiary alicyclic amines) is 1. The third kappa shape index (κ3) is 3.20. The first-order valence-electron chi connectivity index (χ1n) is 8.97. The highest BCUT2D eigenvalue weighted by molar-refractivity contribution is 4.99. The molecule has 3 heterocycles. The number of rotatable bonds is 5. The Labute approximate surface area is 125 Å². The molecule has 3 aliphatic heterocycles. The second-order valence-electron chi connectivity index (χ2n) is 7.33. The molecular formula is C17H33N3. The smallest absolute Gasteiger partial charge is 0.0220 e. The number of fused-ring (bicyclic) bond motifs is 2. The molecule has 0 amide bonds. The minimum absolute atomic E-state index is 0.799. The largest absolute Gasteiger partial charge is 0.314 e. The fraction of sp³-hybridized carbons (Fsp3) is 1.00. The Bertz CT molecular complexity index is 293. The number of hydrogen-bond acceptors (Lipinski definition) is 3. The fourth-order valence-corrected chi connectivity index (χ4v) is 4.71. The van der Waals surface area contributed by atoms with Gasteiger partial charge in [0.2, 0.25) is 0 Å². The lowest BCUT2D eigenvalue weighted by atomic mass is 9.95. The molecule has 116 valence electrons. The standard InChI is InChI=1S/C17H33N3/c1-3-9-18-14-11-15-7-8-16(12-14)20(15)13-17-6-4-5-10-19(17)2/h14-18H,3-13H2,1-2H3. The summed E-state index contributed by atoms with van der Waals surface area (Å²) in [5, 5.41) is 3.77. The van der Waals surface area contributed by atoms with Crippen LogP contribution in [-0.2, 0) is 0 Å². The van der Waals surface area contributed by atoms with E-state index in [1.54, 1.807) is 0 Å². The Morgan fingerprint density at radius 3 is 2.45 bits per heavy atom. The van der Waals surface area contributed by atoms with E-state index in [1.165, 1.54) is 71.0 Å². The van der Waals surface area contributed by atoms with Crippen molar-refractivity contribution in [3.63, 3.8) is 0 Å². The van der Waals surface area contributed by atoms with Crippen molar-refractivity contribution in [3.05, 3.63) is 0 Å². The maximum atomic E-state index is 3.77. The van der Waals surface area contributed by atoms with Gasteiger partial charge in [0.25, 0.3) is 0 Å². The van der Waals surface area contributed by atoms with Gasteiger partial charge in [-0.1, -0.05) is 13.3 Å². The van der Waals surface area contributed by atoms with Crippen molar-refractivity contribution >= 4 is 0 Å². The van der Waals surface area contributed by atoms with Crippen LogP contribution in [0, 0.1) is 0 Å². The Morgan fingerprint density at radius 1 is 1.05 bits per heavy atom. The molecule has 3 heteroatoms. The summed E-state index contributed by atoms with van der Waals surface area (Å²) >= 11 is 0. The summed E-state index contributed by atoms with van der Waals surface area (Å²) in [6.07, 6.45) is 11.2. The predicted octanol–water partition coefficient (Wildman–Crippen LogP) is 2.47. The summed E-state index contributed by atoms with van der Waals surface area (Å²) in [7, 11) is 2.33. The number of likely N-dealkylation sites (N-methyl/N-ethyl adjacent to an activating group) is 1. The summed E-state index contributed by atoms with van der Waals surface area (Å²) in [5.41, 5.74) is 0. The number of nitrogens with one attached hydrogen (secondary N) is 1. The molecule has 0 spiro atoms. The van der Waals surface area contributed by atoms with Gasteiger partial charge in [0, 0.05) is 30.7 Å². The van der Waals surface area contributed by atoms with E-state index in [2.05, 4.69) is 29.1 Å². The molecule has 0 aromatic rings. The van der Waals surface area contributed by atoms with Crippen molar-refractivity contribution in [1.82, 2.24) is 15.1 Å². The number of hydrogen-bond donors (Lipinski definition) is 1.